The number of anilines is 1. The standard InChI is InChI=1S/C16H19N3O2/c1-19(8-10-4-12(17)5-10)16-13-7-15-14(20-9-21-15)6-11(13)2-3-18-16/h2-3,6-7,10,12H,4-5,8-9,17H2,1H3. The van der Waals surface area contributed by atoms with Gasteiger partial charge in [0.05, 0.1) is 0 Å². The highest BCUT2D eigenvalue weighted by Gasteiger charge is 2.27. The minimum atomic E-state index is 0.296. The molecular formula is C16H19N3O2. The maximum absolute atomic E-state index is 5.87. The largest absolute Gasteiger partial charge is 0.454 e. The van der Waals surface area contributed by atoms with Crippen molar-refractivity contribution in [2.45, 2.75) is 18.9 Å². The average Bonchev–Trinajstić information content (AvgIpc) is 2.89. The Morgan fingerprint density at radius 3 is 2.81 bits per heavy atom. The van der Waals surface area contributed by atoms with Crippen molar-refractivity contribution in [3.63, 3.8) is 0 Å². The Balaban J connectivity index is 1.67. The van der Waals surface area contributed by atoms with Crippen LogP contribution in [0.4, 0.5) is 5.82 Å². The van der Waals surface area contributed by atoms with Gasteiger partial charge in [-0.1, -0.05) is 0 Å². The first-order chi connectivity index (χ1) is 10.2. The van der Waals surface area contributed by atoms with Gasteiger partial charge in [0.15, 0.2) is 11.5 Å². The van der Waals surface area contributed by atoms with E-state index in [1.165, 1.54) is 0 Å². The number of aromatic nitrogens is 1. The van der Waals surface area contributed by atoms with Crippen molar-refractivity contribution in [2.24, 2.45) is 11.7 Å². The molecule has 1 aromatic heterocycles. The van der Waals surface area contributed by atoms with Gasteiger partial charge in [-0.05, 0) is 42.3 Å². The quantitative estimate of drug-likeness (QED) is 0.936. The number of hydrogen-bond acceptors (Lipinski definition) is 5. The first-order valence-corrected chi connectivity index (χ1v) is 7.36. The van der Waals surface area contributed by atoms with Crippen LogP contribution in [0.5, 0.6) is 11.5 Å². The highest BCUT2D eigenvalue weighted by Crippen LogP contribution is 2.38. The van der Waals surface area contributed by atoms with Crippen molar-refractivity contribution in [1.82, 2.24) is 4.98 Å². The number of fused-ring (bicyclic) bond motifs is 2. The predicted molar refractivity (Wildman–Crippen MR) is 81.8 cm³/mol. The van der Waals surface area contributed by atoms with Crippen molar-refractivity contribution >= 4 is 16.6 Å². The second-order valence-corrected chi connectivity index (χ2v) is 6.04. The van der Waals surface area contributed by atoms with Crippen molar-refractivity contribution in [2.75, 3.05) is 25.3 Å². The van der Waals surface area contributed by atoms with Crippen LogP contribution in [0.1, 0.15) is 12.8 Å². The summed E-state index contributed by atoms with van der Waals surface area (Å²) in [5.41, 5.74) is 5.87. The number of nitrogens with two attached hydrogens (primary N) is 1. The van der Waals surface area contributed by atoms with Gasteiger partial charge < -0.3 is 20.1 Å². The number of pyridine rings is 1. The lowest BCUT2D eigenvalue weighted by atomic mass is 9.80. The van der Waals surface area contributed by atoms with Gasteiger partial charge in [-0.25, -0.2) is 4.98 Å². The van der Waals surface area contributed by atoms with Crippen LogP contribution in [0.15, 0.2) is 24.4 Å². The molecule has 2 aliphatic rings. The molecule has 2 N–H and O–H groups in total. The number of nitrogens with zero attached hydrogens (tertiary/aromatic N) is 2. The SMILES string of the molecule is CN(CC1CC(N)C1)c1nccc2cc3c(cc12)OCO3. The molecule has 0 spiro atoms. The molecule has 1 fully saturated rings. The van der Waals surface area contributed by atoms with Crippen LogP contribution in [0, 0.1) is 5.92 Å². The zero-order chi connectivity index (χ0) is 14.4. The Bertz CT molecular complexity index is 683. The molecule has 0 bridgehead atoms. The normalized spacial score (nSPS) is 23.1. The van der Waals surface area contributed by atoms with E-state index in [2.05, 4.69) is 16.9 Å². The number of hydrogen-bond donors (Lipinski definition) is 1. The summed E-state index contributed by atoms with van der Waals surface area (Å²) in [4.78, 5) is 6.78. The van der Waals surface area contributed by atoms with Gasteiger partial charge in [-0.15, -0.1) is 0 Å². The topological polar surface area (TPSA) is 60.6 Å². The molecule has 5 heteroatoms. The van der Waals surface area contributed by atoms with E-state index in [1.54, 1.807) is 0 Å². The van der Waals surface area contributed by atoms with Crippen LogP contribution in [-0.2, 0) is 0 Å². The van der Waals surface area contributed by atoms with Crippen LogP contribution < -0.4 is 20.1 Å². The third kappa shape index (κ3) is 2.17. The lowest BCUT2D eigenvalue weighted by Gasteiger charge is -2.35. The van der Waals surface area contributed by atoms with E-state index >= 15 is 0 Å². The molecule has 5 nitrogen and oxygen atoms in total. The van der Waals surface area contributed by atoms with Gasteiger partial charge in [0, 0.05) is 31.2 Å². The van der Waals surface area contributed by atoms with Gasteiger partial charge >= 0.3 is 0 Å². The molecule has 1 aliphatic heterocycles. The summed E-state index contributed by atoms with van der Waals surface area (Å²) < 4.78 is 10.9. The molecule has 0 saturated heterocycles. The molecule has 1 aliphatic carbocycles. The van der Waals surface area contributed by atoms with Crippen molar-refractivity contribution in [3.8, 4) is 11.5 Å². The fourth-order valence-electron chi connectivity index (χ4n) is 3.26. The summed E-state index contributed by atoms with van der Waals surface area (Å²) in [5.74, 6) is 3.28. The van der Waals surface area contributed by atoms with E-state index in [4.69, 9.17) is 15.2 Å². The predicted octanol–water partition coefficient (Wildman–Crippen LogP) is 2.14. The molecule has 1 saturated carbocycles. The smallest absolute Gasteiger partial charge is 0.231 e. The van der Waals surface area contributed by atoms with E-state index in [1.807, 2.05) is 24.4 Å². The molecule has 4 rings (SSSR count). The van der Waals surface area contributed by atoms with E-state index in [-0.39, 0.29) is 0 Å². The Labute approximate surface area is 123 Å². The molecule has 0 unspecified atom stereocenters. The second-order valence-electron chi connectivity index (χ2n) is 6.04. The van der Waals surface area contributed by atoms with Crippen LogP contribution in [-0.4, -0.2) is 31.4 Å². The third-order valence-electron chi connectivity index (χ3n) is 4.40. The Hall–Kier alpha value is -2.01. The van der Waals surface area contributed by atoms with Crippen molar-refractivity contribution in [1.29, 1.82) is 0 Å². The Kier molecular flexibility index (Phi) is 2.89. The number of rotatable bonds is 3. The monoisotopic (exact) mass is 285 g/mol. The summed E-state index contributed by atoms with van der Waals surface area (Å²) in [6.07, 6.45) is 4.08. The van der Waals surface area contributed by atoms with E-state index in [9.17, 15) is 0 Å². The number of ether oxygens (including phenoxy) is 2. The van der Waals surface area contributed by atoms with Gasteiger partial charge in [-0.2, -0.15) is 0 Å². The third-order valence-corrected chi connectivity index (χ3v) is 4.40. The summed E-state index contributed by atoms with van der Waals surface area (Å²) in [5, 5.41) is 2.23. The first-order valence-electron chi connectivity index (χ1n) is 7.36. The summed E-state index contributed by atoms with van der Waals surface area (Å²) in [6.45, 7) is 1.29. The zero-order valence-corrected chi connectivity index (χ0v) is 12.1. The molecular weight excluding hydrogens is 266 g/mol. The molecule has 1 aromatic carbocycles. The summed E-state index contributed by atoms with van der Waals surface area (Å²) in [6, 6.07) is 6.45. The second kappa shape index (κ2) is 4.77. The van der Waals surface area contributed by atoms with Gasteiger partial charge in [0.25, 0.3) is 0 Å². The minimum Gasteiger partial charge on any atom is -0.454 e. The van der Waals surface area contributed by atoms with Crippen LogP contribution >= 0.6 is 0 Å². The maximum Gasteiger partial charge on any atom is 0.231 e. The lowest BCUT2D eigenvalue weighted by molar-refractivity contribution is 0.174. The van der Waals surface area contributed by atoms with Crippen LogP contribution in [0.3, 0.4) is 0 Å². The molecule has 0 radical (unpaired) electrons. The summed E-state index contributed by atoms with van der Waals surface area (Å²) in [7, 11) is 2.09. The average molecular weight is 285 g/mol. The summed E-state index contributed by atoms with van der Waals surface area (Å²) >= 11 is 0. The van der Waals surface area contributed by atoms with Crippen LogP contribution in [0.25, 0.3) is 10.8 Å². The Morgan fingerprint density at radius 1 is 1.29 bits per heavy atom. The molecule has 21 heavy (non-hydrogen) atoms. The van der Waals surface area contributed by atoms with Gasteiger partial charge in [0.1, 0.15) is 5.82 Å². The van der Waals surface area contributed by atoms with Gasteiger partial charge in [-0.3, -0.25) is 0 Å². The van der Waals surface area contributed by atoms with Crippen molar-refractivity contribution in [3.05, 3.63) is 24.4 Å². The van der Waals surface area contributed by atoms with E-state index < -0.39 is 0 Å². The lowest BCUT2D eigenvalue weighted by Crippen LogP contribution is -2.42. The van der Waals surface area contributed by atoms with E-state index in [0.717, 1.165) is 47.5 Å². The van der Waals surface area contributed by atoms with Crippen molar-refractivity contribution < 1.29 is 9.47 Å². The highest BCUT2D eigenvalue weighted by molar-refractivity contribution is 5.94. The van der Waals surface area contributed by atoms with Gasteiger partial charge in [0.2, 0.25) is 6.79 Å². The van der Waals surface area contributed by atoms with E-state index in [0.29, 0.717) is 18.8 Å². The Morgan fingerprint density at radius 2 is 2.05 bits per heavy atom. The van der Waals surface area contributed by atoms with Crippen LogP contribution in [0.2, 0.25) is 0 Å². The minimum absolute atomic E-state index is 0.296. The molecule has 110 valence electrons. The zero-order valence-electron chi connectivity index (χ0n) is 12.1. The molecule has 2 aromatic rings. The maximum atomic E-state index is 5.87. The fraction of sp³-hybridized carbons (Fsp3) is 0.438. The molecule has 0 atom stereocenters. The number of benzene rings is 1. The molecule has 2 heterocycles. The highest BCUT2D eigenvalue weighted by atomic mass is 16.7. The fourth-order valence-corrected chi connectivity index (χ4v) is 3.26. The molecule has 0 amide bonds. The first kappa shape index (κ1) is 12.7.